The Hall–Kier alpha value is -1.64. The van der Waals surface area contributed by atoms with Crippen LogP contribution in [0.4, 0.5) is 5.95 Å². The Kier molecular flexibility index (Phi) is 4.55. The SMILES string of the molecule is Nc1nc2c(sc(=O)n2[C@@H]2O[C@H](COP(=O)(O)O)[C@@H](O)[C@H]2O)c(=O)[nH]1. The maximum absolute atomic E-state index is 12.2. The summed E-state index contributed by atoms with van der Waals surface area (Å²) in [5.74, 6) is -0.265. The normalized spacial score (nSPS) is 27.2. The summed E-state index contributed by atoms with van der Waals surface area (Å²) >= 11 is 0.540. The number of aliphatic hydroxyl groups is 2. The molecule has 25 heavy (non-hydrogen) atoms. The van der Waals surface area contributed by atoms with Crippen LogP contribution in [0.1, 0.15) is 6.23 Å². The largest absolute Gasteiger partial charge is 0.469 e. The van der Waals surface area contributed by atoms with Gasteiger partial charge in [0.15, 0.2) is 11.9 Å². The fourth-order valence-electron chi connectivity index (χ4n) is 2.42. The Bertz CT molecular complexity index is 963. The number of thiazole rings is 1. The average Bonchev–Trinajstić information content (AvgIpc) is 2.95. The van der Waals surface area contributed by atoms with Gasteiger partial charge in [0.05, 0.1) is 6.61 Å². The maximum Gasteiger partial charge on any atom is 0.469 e. The van der Waals surface area contributed by atoms with Crippen LogP contribution in [-0.4, -0.2) is 59.5 Å². The number of H-pyrrole nitrogens is 1. The molecule has 0 aliphatic carbocycles. The van der Waals surface area contributed by atoms with Gasteiger partial charge < -0.3 is 30.5 Å². The lowest BCUT2D eigenvalue weighted by Gasteiger charge is -2.16. The van der Waals surface area contributed by atoms with Crippen LogP contribution in [0.2, 0.25) is 0 Å². The summed E-state index contributed by atoms with van der Waals surface area (Å²) in [7, 11) is -4.82. The van der Waals surface area contributed by atoms with Gasteiger partial charge >= 0.3 is 12.7 Å². The van der Waals surface area contributed by atoms with Crippen LogP contribution in [0.15, 0.2) is 9.59 Å². The van der Waals surface area contributed by atoms with Crippen LogP contribution in [0.3, 0.4) is 0 Å². The molecule has 0 unspecified atom stereocenters. The molecule has 1 saturated heterocycles. The number of nitrogens with zero attached hydrogens (tertiary/aromatic N) is 2. The number of phosphoric acid groups is 1. The van der Waals surface area contributed by atoms with Crippen molar-refractivity contribution < 1.29 is 33.8 Å². The second-order valence-electron chi connectivity index (χ2n) is 5.17. The minimum absolute atomic E-state index is 0.0561. The van der Waals surface area contributed by atoms with Crippen molar-refractivity contribution in [1.82, 2.24) is 14.5 Å². The van der Waals surface area contributed by atoms with Gasteiger partial charge in [0.25, 0.3) is 5.56 Å². The number of aromatic amines is 1. The van der Waals surface area contributed by atoms with E-state index in [4.69, 9.17) is 20.3 Å². The van der Waals surface area contributed by atoms with E-state index < -0.39 is 49.4 Å². The number of fused-ring (bicyclic) bond motifs is 1. The first-order valence-corrected chi connectivity index (χ1v) is 9.05. The van der Waals surface area contributed by atoms with Crippen molar-refractivity contribution in [3.63, 3.8) is 0 Å². The summed E-state index contributed by atoms with van der Waals surface area (Å²) in [5.41, 5.74) is 4.65. The predicted octanol–water partition coefficient (Wildman–Crippen LogP) is -2.54. The number of nitrogens with two attached hydrogens (primary N) is 1. The van der Waals surface area contributed by atoms with Crippen LogP contribution in [-0.2, 0) is 13.8 Å². The zero-order chi connectivity index (χ0) is 18.5. The molecule has 2 aromatic heterocycles. The van der Waals surface area contributed by atoms with E-state index >= 15 is 0 Å². The molecule has 0 spiro atoms. The summed E-state index contributed by atoms with van der Waals surface area (Å²) in [5, 5.41) is 20.1. The van der Waals surface area contributed by atoms with Gasteiger partial charge in [-0.25, -0.2) is 4.57 Å². The molecule has 2 aromatic rings. The smallest absolute Gasteiger partial charge is 0.387 e. The van der Waals surface area contributed by atoms with Crippen LogP contribution in [0.25, 0.3) is 10.3 Å². The number of hydrogen-bond donors (Lipinski definition) is 6. The second-order valence-corrected chi connectivity index (χ2v) is 7.38. The zero-order valence-corrected chi connectivity index (χ0v) is 13.9. The van der Waals surface area contributed by atoms with E-state index in [9.17, 15) is 24.4 Å². The predicted molar refractivity (Wildman–Crippen MR) is 82.8 cm³/mol. The molecule has 0 bridgehead atoms. The number of aromatic nitrogens is 3. The van der Waals surface area contributed by atoms with Gasteiger partial charge in [-0.2, -0.15) is 4.98 Å². The molecule has 138 valence electrons. The van der Waals surface area contributed by atoms with Crippen molar-refractivity contribution >= 4 is 35.5 Å². The summed E-state index contributed by atoms with van der Waals surface area (Å²) in [4.78, 5) is 46.8. The molecule has 0 saturated carbocycles. The fourth-order valence-corrected chi connectivity index (χ4v) is 3.60. The third kappa shape index (κ3) is 3.38. The molecule has 0 amide bonds. The molecule has 0 aromatic carbocycles. The highest BCUT2D eigenvalue weighted by Gasteiger charge is 2.46. The summed E-state index contributed by atoms with van der Waals surface area (Å²) in [6.07, 6.45) is -6.01. The number of hydrogen-bond acceptors (Lipinski definition) is 10. The number of rotatable bonds is 4. The molecule has 13 nitrogen and oxygen atoms in total. The second kappa shape index (κ2) is 6.26. The van der Waals surface area contributed by atoms with E-state index in [1.165, 1.54) is 0 Å². The molecular formula is C10H13N4O9PS. The van der Waals surface area contributed by atoms with Gasteiger partial charge in [0.2, 0.25) is 5.95 Å². The molecule has 15 heteroatoms. The molecule has 3 heterocycles. The lowest BCUT2D eigenvalue weighted by atomic mass is 10.1. The van der Waals surface area contributed by atoms with Crippen molar-refractivity contribution in [2.45, 2.75) is 24.5 Å². The Balaban J connectivity index is 1.98. The summed E-state index contributed by atoms with van der Waals surface area (Å²) in [6.45, 7) is -0.730. The minimum Gasteiger partial charge on any atom is -0.387 e. The molecular weight excluding hydrogens is 383 g/mol. The lowest BCUT2D eigenvalue weighted by molar-refractivity contribution is -0.0511. The first-order chi connectivity index (χ1) is 11.6. The average molecular weight is 396 g/mol. The van der Waals surface area contributed by atoms with Gasteiger partial charge in [-0.1, -0.05) is 11.3 Å². The third-order valence-electron chi connectivity index (χ3n) is 3.49. The van der Waals surface area contributed by atoms with E-state index in [2.05, 4.69) is 14.5 Å². The van der Waals surface area contributed by atoms with E-state index in [0.29, 0.717) is 11.3 Å². The van der Waals surface area contributed by atoms with E-state index in [-0.39, 0.29) is 16.3 Å². The monoisotopic (exact) mass is 396 g/mol. The molecule has 1 fully saturated rings. The molecule has 1 aliphatic heterocycles. The number of anilines is 1. The molecule has 1 aliphatic rings. The number of ether oxygens (including phenoxy) is 1. The topological polar surface area (TPSA) is 210 Å². The van der Waals surface area contributed by atoms with E-state index in [1.54, 1.807) is 0 Å². The number of nitrogens with one attached hydrogen (secondary N) is 1. The van der Waals surface area contributed by atoms with Crippen molar-refractivity contribution in [3.05, 3.63) is 20.0 Å². The van der Waals surface area contributed by atoms with Gasteiger partial charge in [-0.3, -0.25) is 23.7 Å². The fraction of sp³-hybridized carbons (Fsp3) is 0.500. The Morgan fingerprint density at radius 3 is 2.68 bits per heavy atom. The van der Waals surface area contributed by atoms with Gasteiger partial charge in [0, 0.05) is 0 Å². The first-order valence-electron chi connectivity index (χ1n) is 6.71. The standard InChI is InChI=1S/C10H13N4O9PS/c11-9-12-6-5(7(17)13-9)25-10(18)14(6)8-4(16)3(15)2(23-8)1-22-24(19,20)21/h2-4,8,15-16H,1H2,(H2,19,20,21)(H3,11,12,13,17)/t2-,3-,4-,8-/m1/s1. The van der Waals surface area contributed by atoms with Crippen LogP contribution >= 0.6 is 19.2 Å². The quantitative estimate of drug-likeness (QED) is 0.296. The highest BCUT2D eigenvalue weighted by atomic mass is 32.1. The Morgan fingerprint density at radius 1 is 1.36 bits per heavy atom. The van der Waals surface area contributed by atoms with Crippen molar-refractivity contribution in [1.29, 1.82) is 0 Å². The van der Waals surface area contributed by atoms with Crippen LogP contribution < -0.4 is 16.2 Å². The zero-order valence-electron chi connectivity index (χ0n) is 12.2. The molecule has 0 radical (unpaired) electrons. The molecule has 3 rings (SSSR count). The van der Waals surface area contributed by atoms with Crippen LogP contribution in [0, 0.1) is 0 Å². The van der Waals surface area contributed by atoms with Crippen LogP contribution in [0.5, 0.6) is 0 Å². The van der Waals surface area contributed by atoms with E-state index in [1.807, 2.05) is 0 Å². The Labute approximate surface area is 141 Å². The van der Waals surface area contributed by atoms with Crippen molar-refractivity contribution in [2.24, 2.45) is 0 Å². The number of aliphatic hydroxyl groups excluding tert-OH is 2. The van der Waals surface area contributed by atoms with Crippen molar-refractivity contribution in [2.75, 3.05) is 12.3 Å². The minimum atomic E-state index is -4.82. The molecule has 4 atom stereocenters. The van der Waals surface area contributed by atoms with Crippen molar-refractivity contribution in [3.8, 4) is 0 Å². The third-order valence-corrected chi connectivity index (χ3v) is 4.92. The van der Waals surface area contributed by atoms with Gasteiger partial charge in [-0.05, 0) is 0 Å². The summed E-state index contributed by atoms with van der Waals surface area (Å²) in [6, 6.07) is 0. The first kappa shape index (κ1) is 18.2. The maximum atomic E-state index is 12.2. The Morgan fingerprint density at radius 2 is 2.04 bits per heavy atom. The van der Waals surface area contributed by atoms with E-state index in [0.717, 1.165) is 4.57 Å². The number of nitrogen functional groups attached to an aromatic ring is 1. The summed E-state index contributed by atoms with van der Waals surface area (Å²) < 4.78 is 21.1. The molecule has 7 N–H and O–H groups in total. The number of phosphoric ester groups is 1. The van der Waals surface area contributed by atoms with Gasteiger partial charge in [0.1, 0.15) is 23.0 Å². The lowest BCUT2D eigenvalue weighted by Crippen LogP contribution is -2.34. The van der Waals surface area contributed by atoms with Gasteiger partial charge in [-0.15, -0.1) is 0 Å². The highest BCUT2D eigenvalue weighted by Crippen LogP contribution is 2.38. The highest BCUT2D eigenvalue weighted by molar-refractivity contribution is 7.46.